The van der Waals surface area contributed by atoms with E-state index < -0.39 is 5.97 Å². The van der Waals surface area contributed by atoms with E-state index in [2.05, 4.69) is 24.3 Å². The smallest absolute Gasteiger partial charge is 0.336 e. The van der Waals surface area contributed by atoms with Gasteiger partial charge in [-0.3, -0.25) is 0 Å². The molecule has 2 aromatic rings. The number of aryl methyl sites for hydroxylation is 1. The molecule has 0 saturated carbocycles. The van der Waals surface area contributed by atoms with Crippen LogP contribution in [0.3, 0.4) is 0 Å². The van der Waals surface area contributed by atoms with Crippen molar-refractivity contribution in [1.82, 2.24) is 0 Å². The first-order valence-electron chi connectivity index (χ1n) is 8.93. The number of hydrogen-bond acceptors (Lipinski definition) is 3. The largest absolute Gasteiger partial charge is 0.494 e. The molecule has 0 amide bonds. The summed E-state index contributed by atoms with van der Waals surface area (Å²) < 4.78 is 5.74. The Morgan fingerprint density at radius 3 is 2.31 bits per heavy atom. The van der Waals surface area contributed by atoms with Crippen LogP contribution in [0.5, 0.6) is 5.75 Å². The van der Waals surface area contributed by atoms with Crippen LogP contribution in [0, 0.1) is 0 Å². The maximum atomic E-state index is 11.5. The van der Waals surface area contributed by atoms with Gasteiger partial charge in [-0.2, -0.15) is 0 Å². The first-order valence-corrected chi connectivity index (χ1v) is 8.93. The van der Waals surface area contributed by atoms with Gasteiger partial charge in [-0.1, -0.05) is 48.0 Å². The minimum Gasteiger partial charge on any atom is -0.494 e. The summed E-state index contributed by atoms with van der Waals surface area (Å²) in [6, 6.07) is 17.5. The van der Waals surface area contributed by atoms with Crippen LogP contribution >= 0.6 is 0 Å². The molecule has 0 spiro atoms. The zero-order valence-corrected chi connectivity index (χ0v) is 15.1. The van der Waals surface area contributed by atoms with Crippen LogP contribution in [0.15, 0.2) is 60.2 Å². The van der Waals surface area contributed by atoms with Crippen molar-refractivity contribution < 1.29 is 19.7 Å². The third-order valence-electron chi connectivity index (χ3n) is 4.24. The molecule has 2 rings (SSSR count). The number of hydrogen-bond donors (Lipinski definition) is 2. The highest BCUT2D eigenvalue weighted by atomic mass is 16.5. The zero-order valence-electron chi connectivity index (χ0n) is 15.1. The molecule has 138 valence electrons. The molecule has 0 aromatic heterocycles. The highest BCUT2D eigenvalue weighted by Crippen LogP contribution is 2.23. The Balaban J connectivity index is 1.85. The van der Waals surface area contributed by atoms with E-state index in [0.717, 1.165) is 25.0 Å². The number of benzene rings is 2. The predicted molar refractivity (Wildman–Crippen MR) is 103 cm³/mol. The molecule has 2 N–H and O–H groups in total. The van der Waals surface area contributed by atoms with Crippen molar-refractivity contribution in [2.45, 2.75) is 32.6 Å². The van der Waals surface area contributed by atoms with Crippen molar-refractivity contribution in [3.63, 3.8) is 0 Å². The lowest BCUT2D eigenvalue weighted by molar-refractivity contribution is -0.130. The maximum absolute atomic E-state index is 11.5. The van der Waals surface area contributed by atoms with E-state index in [-0.39, 0.29) is 12.2 Å². The lowest BCUT2D eigenvalue weighted by atomic mass is 9.99. The van der Waals surface area contributed by atoms with E-state index in [1.165, 1.54) is 5.56 Å². The maximum Gasteiger partial charge on any atom is 0.336 e. The van der Waals surface area contributed by atoms with Crippen molar-refractivity contribution in [3.8, 4) is 5.75 Å². The SMILES string of the molecule is C/C(CCO)=C(\C(=O)O)c1ccc(OCCCCc2ccccc2)cc1. The number of aliphatic hydroxyl groups excluding tert-OH is 1. The topological polar surface area (TPSA) is 66.8 Å². The first-order chi connectivity index (χ1) is 12.6. The number of unbranched alkanes of at least 4 members (excludes halogenated alkanes) is 1. The number of carboxylic acids is 1. The fourth-order valence-electron chi connectivity index (χ4n) is 2.83. The Labute approximate surface area is 154 Å². The lowest BCUT2D eigenvalue weighted by Gasteiger charge is -2.10. The molecule has 0 atom stereocenters. The number of ether oxygens (including phenoxy) is 1. The summed E-state index contributed by atoms with van der Waals surface area (Å²) in [5.74, 6) is -0.247. The van der Waals surface area contributed by atoms with Gasteiger partial charge >= 0.3 is 5.97 Å². The van der Waals surface area contributed by atoms with Crippen LogP contribution in [0.4, 0.5) is 0 Å². The minimum atomic E-state index is -0.981. The molecule has 26 heavy (non-hydrogen) atoms. The third-order valence-corrected chi connectivity index (χ3v) is 4.24. The standard InChI is InChI=1S/C22H26O4/c1-17(14-15-23)21(22(24)25)19-10-12-20(13-11-19)26-16-6-5-9-18-7-3-2-4-8-18/h2-4,7-8,10-13,23H,5-6,9,14-16H2,1H3,(H,24,25)/b21-17+. The average Bonchev–Trinajstić information content (AvgIpc) is 2.63. The fraction of sp³-hybridized carbons (Fsp3) is 0.318. The van der Waals surface area contributed by atoms with Gasteiger partial charge < -0.3 is 14.9 Å². The molecule has 2 aromatic carbocycles. The second-order valence-corrected chi connectivity index (χ2v) is 6.25. The number of rotatable bonds is 10. The summed E-state index contributed by atoms with van der Waals surface area (Å²) in [6.07, 6.45) is 3.42. The van der Waals surface area contributed by atoms with Gasteiger partial charge in [0, 0.05) is 6.61 Å². The van der Waals surface area contributed by atoms with Gasteiger partial charge in [-0.25, -0.2) is 4.79 Å². The average molecular weight is 354 g/mol. The van der Waals surface area contributed by atoms with E-state index in [1.807, 2.05) is 6.07 Å². The Morgan fingerprint density at radius 2 is 1.69 bits per heavy atom. The van der Waals surface area contributed by atoms with Crippen molar-refractivity contribution in [3.05, 3.63) is 71.3 Å². The molecule has 0 unspecified atom stereocenters. The normalized spacial score (nSPS) is 11.8. The van der Waals surface area contributed by atoms with Gasteiger partial charge in [0.1, 0.15) is 5.75 Å². The van der Waals surface area contributed by atoms with Crippen LogP contribution in [-0.2, 0) is 11.2 Å². The van der Waals surface area contributed by atoms with Gasteiger partial charge in [0.15, 0.2) is 0 Å². The zero-order chi connectivity index (χ0) is 18.8. The highest BCUT2D eigenvalue weighted by Gasteiger charge is 2.14. The first kappa shape index (κ1) is 19.7. The van der Waals surface area contributed by atoms with Gasteiger partial charge in [0.25, 0.3) is 0 Å². The monoisotopic (exact) mass is 354 g/mol. The van der Waals surface area contributed by atoms with E-state index >= 15 is 0 Å². The summed E-state index contributed by atoms with van der Waals surface area (Å²) in [4.78, 5) is 11.5. The molecular weight excluding hydrogens is 328 g/mol. The van der Waals surface area contributed by atoms with Crippen LogP contribution in [0.2, 0.25) is 0 Å². The van der Waals surface area contributed by atoms with Gasteiger partial charge in [-0.15, -0.1) is 0 Å². The van der Waals surface area contributed by atoms with Crippen molar-refractivity contribution in [1.29, 1.82) is 0 Å². The Morgan fingerprint density at radius 1 is 1.00 bits per heavy atom. The molecule has 0 heterocycles. The van der Waals surface area contributed by atoms with Crippen molar-refractivity contribution in [2.75, 3.05) is 13.2 Å². The van der Waals surface area contributed by atoms with Gasteiger partial charge in [0.05, 0.1) is 12.2 Å². The molecular formula is C22H26O4. The molecule has 0 saturated heterocycles. The lowest BCUT2D eigenvalue weighted by Crippen LogP contribution is -2.04. The molecule has 0 fully saturated rings. The third kappa shape index (κ3) is 6.05. The van der Waals surface area contributed by atoms with E-state index in [0.29, 0.717) is 24.2 Å². The van der Waals surface area contributed by atoms with Crippen LogP contribution in [0.25, 0.3) is 5.57 Å². The fourth-order valence-corrected chi connectivity index (χ4v) is 2.83. The number of carboxylic acid groups (broad SMARTS) is 1. The van der Waals surface area contributed by atoms with Crippen LogP contribution < -0.4 is 4.74 Å². The molecule has 0 aliphatic rings. The Hall–Kier alpha value is -2.59. The number of aliphatic carboxylic acids is 1. The van der Waals surface area contributed by atoms with Gasteiger partial charge in [-0.05, 0) is 55.9 Å². The quantitative estimate of drug-likeness (QED) is 0.492. The summed E-state index contributed by atoms with van der Waals surface area (Å²) in [6.45, 7) is 2.31. The van der Waals surface area contributed by atoms with E-state index in [4.69, 9.17) is 9.84 Å². The summed E-state index contributed by atoms with van der Waals surface area (Å²) >= 11 is 0. The molecule has 0 aliphatic heterocycles. The second kappa shape index (κ2) is 10.4. The molecule has 4 heteroatoms. The van der Waals surface area contributed by atoms with Crippen molar-refractivity contribution >= 4 is 11.5 Å². The summed E-state index contributed by atoms with van der Waals surface area (Å²) in [5, 5.41) is 18.4. The van der Waals surface area contributed by atoms with Crippen LogP contribution in [-0.4, -0.2) is 29.4 Å². The molecule has 0 radical (unpaired) electrons. The molecule has 0 bridgehead atoms. The number of carbonyl (C=O) groups is 1. The molecule has 4 nitrogen and oxygen atoms in total. The minimum absolute atomic E-state index is 0.0627. The van der Waals surface area contributed by atoms with Crippen LogP contribution in [0.1, 0.15) is 37.3 Å². The summed E-state index contributed by atoms with van der Waals surface area (Å²) in [5.41, 5.74) is 2.87. The van der Waals surface area contributed by atoms with E-state index in [1.54, 1.807) is 31.2 Å². The molecule has 0 aliphatic carbocycles. The van der Waals surface area contributed by atoms with Crippen molar-refractivity contribution in [2.24, 2.45) is 0 Å². The van der Waals surface area contributed by atoms with Gasteiger partial charge in [0.2, 0.25) is 0 Å². The second-order valence-electron chi connectivity index (χ2n) is 6.25. The summed E-state index contributed by atoms with van der Waals surface area (Å²) in [7, 11) is 0. The number of aliphatic hydroxyl groups is 1. The predicted octanol–water partition coefficient (Wildman–Crippen LogP) is 4.33. The Bertz CT molecular complexity index is 718. The highest BCUT2D eigenvalue weighted by molar-refractivity contribution is 6.16. The van der Waals surface area contributed by atoms with E-state index in [9.17, 15) is 9.90 Å². The Kier molecular flexibility index (Phi) is 7.90.